The van der Waals surface area contributed by atoms with Crippen molar-refractivity contribution in [1.82, 2.24) is 10.3 Å². The fourth-order valence-corrected chi connectivity index (χ4v) is 6.02. The minimum absolute atomic E-state index is 0.0457. The van der Waals surface area contributed by atoms with Gasteiger partial charge in [-0.2, -0.15) is 0 Å². The number of hydrogen-bond acceptors (Lipinski definition) is 5. The maximum absolute atomic E-state index is 13.0. The van der Waals surface area contributed by atoms with Gasteiger partial charge in [0.2, 0.25) is 0 Å². The smallest absolute Gasteiger partial charge is 0.303 e. The number of allylic oxidation sites excluding steroid dienone is 1. The van der Waals surface area contributed by atoms with E-state index in [1.165, 1.54) is 19.3 Å². The van der Waals surface area contributed by atoms with Gasteiger partial charge in [-0.3, -0.25) is 9.59 Å². The number of pyridine rings is 1. The summed E-state index contributed by atoms with van der Waals surface area (Å²) in [7, 11) is 0. The van der Waals surface area contributed by atoms with Gasteiger partial charge in [-0.1, -0.05) is 19.4 Å². The van der Waals surface area contributed by atoms with Crippen molar-refractivity contribution in [3.05, 3.63) is 30.4 Å². The predicted molar refractivity (Wildman–Crippen MR) is 135 cm³/mol. The highest BCUT2D eigenvalue weighted by Gasteiger charge is 2.25. The number of thioether (sulfide) groups is 1. The van der Waals surface area contributed by atoms with E-state index >= 15 is 0 Å². The molecule has 0 aromatic carbocycles. The lowest BCUT2D eigenvalue weighted by Crippen LogP contribution is -2.37. The Kier molecular flexibility index (Phi) is 10.1. The summed E-state index contributed by atoms with van der Waals surface area (Å²) in [5.74, 6) is 2.58. The number of aliphatic carboxylic acids is 1. The molecule has 6 nitrogen and oxygen atoms in total. The highest BCUT2D eigenvalue weighted by molar-refractivity contribution is 7.99. The maximum atomic E-state index is 13.0. The summed E-state index contributed by atoms with van der Waals surface area (Å²) in [6.07, 6.45) is 11.0. The van der Waals surface area contributed by atoms with Crippen LogP contribution < -0.4 is 10.2 Å². The molecule has 0 radical (unpaired) electrons. The summed E-state index contributed by atoms with van der Waals surface area (Å²) < 4.78 is 0. The third kappa shape index (κ3) is 7.76. The van der Waals surface area contributed by atoms with E-state index in [0.29, 0.717) is 24.6 Å². The van der Waals surface area contributed by atoms with Crippen LogP contribution in [0.5, 0.6) is 0 Å². The van der Waals surface area contributed by atoms with E-state index in [4.69, 9.17) is 10.1 Å². The van der Waals surface area contributed by atoms with Crippen molar-refractivity contribution < 1.29 is 14.7 Å². The predicted octanol–water partition coefficient (Wildman–Crippen LogP) is 5.39. The van der Waals surface area contributed by atoms with E-state index < -0.39 is 5.97 Å². The Morgan fingerprint density at radius 2 is 2.09 bits per heavy atom. The minimum Gasteiger partial charge on any atom is -0.481 e. The van der Waals surface area contributed by atoms with Crippen LogP contribution in [-0.2, 0) is 4.79 Å². The van der Waals surface area contributed by atoms with Gasteiger partial charge in [0.05, 0.1) is 5.56 Å². The number of nitrogens with zero attached hydrogens (tertiary/aromatic N) is 2. The quantitative estimate of drug-likeness (QED) is 0.313. The number of piperidine rings is 1. The van der Waals surface area contributed by atoms with Crippen LogP contribution in [0.15, 0.2) is 29.8 Å². The summed E-state index contributed by atoms with van der Waals surface area (Å²) in [6.45, 7) is 8.26. The number of amides is 1. The highest BCUT2D eigenvalue weighted by atomic mass is 32.2. The molecule has 2 fully saturated rings. The second-order valence-electron chi connectivity index (χ2n) is 9.54. The molecule has 7 heteroatoms. The van der Waals surface area contributed by atoms with Crippen molar-refractivity contribution in [2.45, 2.75) is 69.7 Å². The topological polar surface area (TPSA) is 82.5 Å². The summed E-state index contributed by atoms with van der Waals surface area (Å²) in [5.41, 5.74) is 0.646. The largest absolute Gasteiger partial charge is 0.481 e. The maximum Gasteiger partial charge on any atom is 0.303 e. The zero-order valence-electron chi connectivity index (χ0n) is 19.9. The van der Waals surface area contributed by atoms with E-state index in [-0.39, 0.29) is 18.2 Å². The molecule has 1 saturated carbocycles. The molecule has 182 valence electrons. The number of carboxylic acids is 1. The highest BCUT2D eigenvalue weighted by Crippen LogP contribution is 2.35. The molecule has 0 spiro atoms. The molecule has 1 saturated heterocycles. The molecule has 3 unspecified atom stereocenters. The van der Waals surface area contributed by atoms with Gasteiger partial charge in [-0.05, 0) is 80.6 Å². The molecule has 1 amide bonds. The van der Waals surface area contributed by atoms with Crippen molar-refractivity contribution in [3.8, 4) is 0 Å². The van der Waals surface area contributed by atoms with Crippen LogP contribution in [0.1, 0.15) is 75.1 Å². The third-order valence-electron chi connectivity index (χ3n) is 6.83. The molecule has 1 aliphatic heterocycles. The Balaban J connectivity index is 1.60. The lowest BCUT2D eigenvalue weighted by molar-refractivity contribution is -0.138. The van der Waals surface area contributed by atoms with Crippen LogP contribution in [0.4, 0.5) is 5.82 Å². The summed E-state index contributed by atoms with van der Waals surface area (Å²) >= 11 is 1.63. The van der Waals surface area contributed by atoms with Gasteiger partial charge in [-0.25, -0.2) is 4.98 Å². The Labute approximate surface area is 202 Å². The molecule has 1 aliphatic carbocycles. The molecule has 3 rings (SSSR count). The van der Waals surface area contributed by atoms with Crippen LogP contribution in [0.3, 0.4) is 0 Å². The molecule has 33 heavy (non-hydrogen) atoms. The van der Waals surface area contributed by atoms with Crippen LogP contribution in [-0.4, -0.2) is 47.4 Å². The standard InChI is InChI=1S/C26H39N3O3S/c1-3-6-19-8-9-20(16-19)12-13-27-25(32)22-10-11-23(28-26(22)33-15-4-2)29-14-5-7-21(18-29)17-24(30)31/h3,10-11,19-21H,1,4-9,12-18H2,2H3,(H,27,32)(H,30,31). The molecule has 2 heterocycles. The Bertz CT molecular complexity index is 816. The van der Waals surface area contributed by atoms with Crippen LogP contribution >= 0.6 is 11.8 Å². The van der Waals surface area contributed by atoms with Gasteiger partial charge in [0.15, 0.2) is 0 Å². The molecular formula is C26H39N3O3S. The van der Waals surface area contributed by atoms with Crippen molar-refractivity contribution in [3.63, 3.8) is 0 Å². The first-order valence-corrected chi connectivity index (χ1v) is 13.5. The Morgan fingerprint density at radius 1 is 1.27 bits per heavy atom. The lowest BCUT2D eigenvalue weighted by atomic mass is 9.95. The lowest BCUT2D eigenvalue weighted by Gasteiger charge is -2.33. The number of rotatable bonds is 12. The SMILES string of the molecule is C=CCC1CCC(CCNC(=O)c2ccc(N3CCCC(CC(=O)O)C3)nc2SCCC)C1. The zero-order valence-corrected chi connectivity index (χ0v) is 20.7. The van der Waals surface area contributed by atoms with Gasteiger partial charge in [0.25, 0.3) is 5.91 Å². The fraction of sp³-hybridized carbons (Fsp3) is 0.654. The number of aromatic nitrogens is 1. The number of nitrogens with one attached hydrogen (secondary N) is 1. The Hall–Kier alpha value is -2.02. The first-order valence-electron chi connectivity index (χ1n) is 12.5. The molecule has 1 aromatic rings. The van der Waals surface area contributed by atoms with E-state index in [2.05, 4.69) is 23.7 Å². The van der Waals surface area contributed by atoms with Crippen molar-refractivity contribution >= 4 is 29.5 Å². The third-order valence-corrected chi connectivity index (χ3v) is 8.02. The monoisotopic (exact) mass is 473 g/mol. The second kappa shape index (κ2) is 13.0. The van der Waals surface area contributed by atoms with Gasteiger partial charge in [0, 0.05) is 26.1 Å². The number of carbonyl (C=O) groups excluding carboxylic acids is 1. The average molecular weight is 474 g/mol. The van der Waals surface area contributed by atoms with E-state index in [1.54, 1.807) is 11.8 Å². The molecule has 1 aromatic heterocycles. The first kappa shape index (κ1) is 25.6. The van der Waals surface area contributed by atoms with E-state index in [0.717, 1.165) is 61.2 Å². The molecular weight excluding hydrogens is 434 g/mol. The summed E-state index contributed by atoms with van der Waals surface area (Å²) in [5, 5.41) is 13.1. The normalized spacial score (nSPS) is 22.8. The second-order valence-corrected chi connectivity index (χ2v) is 10.6. The van der Waals surface area contributed by atoms with Crippen molar-refractivity contribution in [2.75, 3.05) is 30.3 Å². The van der Waals surface area contributed by atoms with Gasteiger partial charge in [0.1, 0.15) is 10.8 Å². The van der Waals surface area contributed by atoms with Crippen molar-refractivity contribution in [1.29, 1.82) is 0 Å². The van der Waals surface area contributed by atoms with Gasteiger partial charge < -0.3 is 15.3 Å². The van der Waals surface area contributed by atoms with Crippen LogP contribution in [0.25, 0.3) is 0 Å². The first-order chi connectivity index (χ1) is 16.0. The van der Waals surface area contributed by atoms with E-state index in [9.17, 15) is 9.59 Å². The number of hydrogen-bond donors (Lipinski definition) is 2. The fourth-order valence-electron chi connectivity index (χ4n) is 5.15. The molecule has 2 N–H and O–H groups in total. The van der Waals surface area contributed by atoms with Gasteiger partial charge >= 0.3 is 5.97 Å². The van der Waals surface area contributed by atoms with Crippen molar-refractivity contribution in [2.24, 2.45) is 17.8 Å². The number of carboxylic acid groups (broad SMARTS) is 1. The Morgan fingerprint density at radius 3 is 2.85 bits per heavy atom. The molecule has 3 atom stereocenters. The molecule has 2 aliphatic rings. The van der Waals surface area contributed by atoms with Crippen LogP contribution in [0, 0.1) is 17.8 Å². The minimum atomic E-state index is -0.741. The number of anilines is 1. The average Bonchev–Trinajstić information content (AvgIpc) is 3.24. The van der Waals surface area contributed by atoms with Crippen LogP contribution in [0.2, 0.25) is 0 Å². The number of carbonyl (C=O) groups is 2. The zero-order chi connectivity index (χ0) is 23.6. The van der Waals surface area contributed by atoms with E-state index in [1.807, 2.05) is 18.2 Å². The summed E-state index contributed by atoms with van der Waals surface area (Å²) in [4.78, 5) is 31.1. The molecule has 0 bridgehead atoms. The summed E-state index contributed by atoms with van der Waals surface area (Å²) in [6, 6.07) is 3.82. The van der Waals surface area contributed by atoms with Gasteiger partial charge in [-0.15, -0.1) is 18.3 Å².